The third-order valence-electron chi connectivity index (χ3n) is 4.59. The normalized spacial score (nSPS) is 29.4. The van der Waals surface area contributed by atoms with E-state index in [0.717, 1.165) is 5.56 Å². The molecule has 0 bridgehead atoms. The minimum absolute atomic E-state index is 0.398. The van der Waals surface area contributed by atoms with Crippen LogP contribution in [-0.2, 0) is 4.74 Å². The third-order valence-corrected chi connectivity index (χ3v) is 4.59. The van der Waals surface area contributed by atoms with Crippen LogP contribution in [0.25, 0.3) is 22.4 Å². The molecule has 130 valence electrons. The van der Waals surface area contributed by atoms with Crippen LogP contribution in [0.15, 0.2) is 43.0 Å². The Bertz CT molecular complexity index is 896. The molecule has 4 atom stereocenters. The first-order valence-electron chi connectivity index (χ1n) is 7.93. The minimum atomic E-state index is -1.60. The van der Waals surface area contributed by atoms with Gasteiger partial charge < -0.3 is 20.1 Å². The van der Waals surface area contributed by atoms with Gasteiger partial charge in [-0.1, -0.05) is 30.3 Å². The molecule has 2 aromatic heterocycles. The van der Waals surface area contributed by atoms with Crippen LogP contribution >= 0.6 is 0 Å². The second-order valence-electron chi connectivity index (χ2n) is 6.29. The van der Waals surface area contributed by atoms with Gasteiger partial charge in [0.25, 0.3) is 0 Å². The second kappa shape index (κ2) is 5.85. The van der Waals surface area contributed by atoms with Gasteiger partial charge in [0.15, 0.2) is 11.9 Å². The van der Waals surface area contributed by atoms with Crippen LogP contribution in [0.3, 0.4) is 0 Å². The van der Waals surface area contributed by atoms with Crippen molar-refractivity contribution in [1.29, 1.82) is 0 Å². The van der Waals surface area contributed by atoms with Gasteiger partial charge in [0, 0.05) is 5.56 Å². The molecular formula is C17H18N4O4. The van der Waals surface area contributed by atoms with Crippen LogP contribution in [0.1, 0.15) is 13.2 Å². The number of nitrogens with zero attached hydrogens (tertiary/aromatic N) is 4. The van der Waals surface area contributed by atoms with Gasteiger partial charge >= 0.3 is 0 Å². The summed E-state index contributed by atoms with van der Waals surface area (Å²) in [5.74, 6) is 0. The number of hydrogen-bond donors (Lipinski definition) is 3. The van der Waals surface area contributed by atoms with Crippen molar-refractivity contribution in [1.82, 2.24) is 19.5 Å². The molecule has 0 radical (unpaired) electrons. The van der Waals surface area contributed by atoms with Crippen molar-refractivity contribution in [3.63, 3.8) is 0 Å². The van der Waals surface area contributed by atoms with Crippen molar-refractivity contribution in [2.75, 3.05) is 6.61 Å². The first kappa shape index (κ1) is 16.1. The van der Waals surface area contributed by atoms with Gasteiger partial charge in [-0.2, -0.15) is 0 Å². The summed E-state index contributed by atoms with van der Waals surface area (Å²) in [5.41, 5.74) is 1.01. The number of fused-ring (bicyclic) bond motifs is 1. The number of aliphatic hydroxyl groups is 3. The Morgan fingerprint density at radius 2 is 1.96 bits per heavy atom. The lowest BCUT2D eigenvalue weighted by Gasteiger charge is -2.27. The quantitative estimate of drug-likeness (QED) is 0.635. The van der Waals surface area contributed by atoms with Gasteiger partial charge in [-0.05, 0) is 6.92 Å². The highest BCUT2D eigenvalue weighted by molar-refractivity contribution is 5.87. The van der Waals surface area contributed by atoms with E-state index in [0.29, 0.717) is 16.9 Å². The zero-order valence-corrected chi connectivity index (χ0v) is 13.5. The lowest BCUT2D eigenvalue weighted by Crippen LogP contribution is -2.44. The van der Waals surface area contributed by atoms with Crippen molar-refractivity contribution in [3.8, 4) is 11.3 Å². The molecule has 1 aliphatic rings. The first-order valence-corrected chi connectivity index (χ1v) is 7.93. The predicted octanol–water partition coefficient (Wildman–Crippen LogP) is 0.495. The maximum Gasteiger partial charge on any atom is 0.168 e. The lowest BCUT2D eigenvalue weighted by molar-refractivity contribution is -0.0950. The fraction of sp³-hybridized carbons (Fsp3) is 0.353. The number of ether oxygens (including phenoxy) is 1. The van der Waals surface area contributed by atoms with E-state index in [1.165, 1.54) is 19.6 Å². The number of aliphatic hydroxyl groups excluding tert-OH is 2. The van der Waals surface area contributed by atoms with E-state index in [-0.39, 0.29) is 0 Å². The number of imidazole rings is 1. The molecule has 0 aliphatic carbocycles. The Morgan fingerprint density at radius 1 is 1.20 bits per heavy atom. The van der Waals surface area contributed by atoms with Crippen molar-refractivity contribution in [3.05, 3.63) is 43.0 Å². The SMILES string of the molecule is CC1(O)C(n2cnc3c(-c4ccccc4)ncnc32)OC(CO)[C@H]1O. The molecule has 0 saturated carbocycles. The van der Waals surface area contributed by atoms with Crippen molar-refractivity contribution in [2.45, 2.75) is 31.0 Å². The zero-order chi connectivity index (χ0) is 17.6. The molecule has 3 heterocycles. The number of aromatic nitrogens is 4. The van der Waals surface area contributed by atoms with E-state index in [4.69, 9.17) is 4.74 Å². The summed E-state index contributed by atoms with van der Waals surface area (Å²) in [6, 6.07) is 9.59. The summed E-state index contributed by atoms with van der Waals surface area (Å²) in [5, 5.41) is 30.2. The van der Waals surface area contributed by atoms with Crippen molar-refractivity contribution < 1.29 is 20.1 Å². The average molecular weight is 342 g/mol. The summed E-state index contributed by atoms with van der Waals surface area (Å²) >= 11 is 0. The maximum atomic E-state index is 10.7. The molecule has 3 aromatic rings. The predicted molar refractivity (Wildman–Crippen MR) is 88.4 cm³/mol. The lowest BCUT2D eigenvalue weighted by atomic mass is 9.96. The van der Waals surface area contributed by atoms with Crippen LogP contribution in [0.2, 0.25) is 0 Å². The molecule has 1 saturated heterocycles. The van der Waals surface area contributed by atoms with Gasteiger partial charge in [-0.25, -0.2) is 15.0 Å². The van der Waals surface area contributed by atoms with Gasteiger partial charge in [-0.3, -0.25) is 4.57 Å². The number of benzene rings is 1. The van der Waals surface area contributed by atoms with E-state index >= 15 is 0 Å². The molecule has 4 rings (SSSR count). The molecule has 0 spiro atoms. The summed E-state index contributed by atoms with van der Waals surface area (Å²) < 4.78 is 7.21. The topological polar surface area (TPSA) is 114 Å². The Morgan fingerprint density at radius 3 is 2.64 bits per heavy atom. The van der Waals surface area contributed by atoms with E-state index in [9.17, 15) is 15.3 Å². The van der Waals surface area contributed by atoms with E-state index in [2.05, 4.69) is 15.0 Å². The highest BCUT2D eigenvalue weighted by Crippen LogP contribution is 2.39. The van der Waals surface area contributed by atoms with E-state index in [1.54, 1.807) is 4.57 Å². The van der Waals surface area contributed by atoms with Crippen LogP contribution in [0, 0.1) is 0 Å². The maximum absolute atomic E-state index is 10.7. The highest BCUT2D eigenvalue weighted by atomic mass is 16.6. The fourth-order valence-corrected chi connectivity index (χ4v) is 3.22. The molecule has 3 N–H and O–H groups in total. The molecule has 1 aromatic carbocycles. The van der Waals surface area contributed by atoms with Crippen LogP contribution in [-0.4, -0.2) is 59.3 Å². The molecule has 8 heteroatoms. The minimum Gasteiger partial charge on any atom is -0.394 e. The Kier molecular flexibility index (Phi) is 3.77. The molecule has 8 nitrogen and oxygen atoms in total. The first-order chi connectivity index (χ1) is 12.0. The smallest absolute Gasteiger partial charge is 0.168 e. The van der Waals surface area contributed by atoms with Gasteiger partial charge in [0.05, 0.1) is 12.9 Å². The zero-order valence-electron chi connectivity index (χ0n) is 13.5. The summed E-state index contributed by atoms with van der Waals surface area (Å²) in [6.07, 6.45) is -0.115. The molecule has 1 aliphatic heterocycles. The summed E-state index contributed by atoms with van der Waals surface area (Å²) in [7, 11) is 0. The summed E-state index contributed by atoms with van der Waals surface area (Å²) in [6.45, 7) is 1.06. The fourth-order valence-electron chi connectivity index (χ4n) is 3.22. The van der Waals surface area contributed by atoms with E-state index in [1.807, 2.05) is 30.3 Å². The third kappa shape index (κ3) is 2.42. The highest BCUT2D eigenvalue weighted by Gasteiger charge is 2.53. The van der Waals surface area contributed by atoms with Gasteiger partial charge in [0.2, 0.25) is 0 Å². The largest absolute Gasteiger partial charge is 0.394 e. The standard InChI is InChI=1S/C17H18N4O4/c1-17(24)14(23)11(7-22)25-16(17)21-9-20-13-12(18-8-19-15(13)21)10-5-3-2-4-6-10/h2-6,8-9,11,14,16,22-24H,7H2,1H3/t11?,14-,16?,17?/m1/s1. The summed E-state index contributed by atoms with van der Waals surface area (Å²) in [4.78, 5) is 13.0. The Labute approximate surface area is 143 Å². The molecule has 0 amide bonds. The van der Waals surface area contributed by atoms with Crippen LogP contribution in [0.4, 0.5) is 0 Å². The number of rotatable bonds is 3. The van der Waals surface area contributed by atoms with Crippen LogP contribution < -0.4 is 0 Å². The number of hydrogen-bond acceptors (Lipinski definition) is 7. The second-order valence-corrected chi connectivity index (χ2v) is 6.29. The molecule has 25 heavy (non-hydrogen) atoms. The van der Waals surface area contributed by atoms with Gasteiger partial charge in [-0.15, -0.1) is 0 Å². The molecule has 1 fully saturated rings. The van der Waals surface area contributed by atoms with Crippen LogP contribution in [0.5, 0.6) is 0 Å². The van der Waals surface area contributed by atoms with Gasteiger partial charge in [0.1, 0.15) is 35.3 Å². The Balaban J connectivity index is 1.83. The average Bonchev–Trinajstić information content (AvgIpc) is 3.15. The Hall–Kier alpha value is -2.39. The molecule has 3 unspecified atom stereocenters. The molecular weight excluding hydrogens is 324 g/mol. The van der Waals surface area contributed by atoms with Crippen molar-refractivity contribution in [2.24, 2.45) is 0 Å². The monoisotopic (exact) mass is 342 g/mol. The van der Waals surface area contributed by atoms with E-state index < -0.39 is 30.6 Å². The van der Waals surface area contributed by atoms with Crippen molar-refractivity contribution >= 4 is 11.2 Å².